The van der Waals surface area contributed by atoms with Gasteiger partial charge in [-0.2, -0.15) is 0 Å². The molecule has 0 aromatic carbocycles. The van der Waals surface area contributed by atoms with Crippen LogP contribution in [-0.2, 0) is 19.1 Å². The molecule has 0 atom stereocenters. The van der Waals surface area contributed by atoms with Crippen LogP contribution in [0.4, 0.5) is 0 Å². The van der Waals surface area contributed by atoms with Gasteiger partial charge in [0.05, 0.1) is 6.61 Å². The fraction of sp³-hybridized carbons (Fsp3) is 0.545. The Morgan fingerprint density at radius 2 is 1.88 bits per heavy atom. The van der Waals surface area contributed by atoms with Crippen LogP contribution in [0.25, 0.3) is 0 Å². The number of carbonyl (C=O) groups excluding carboxylic acids is 3. The molecule has 0 bridgehead atoms. The molecule has 0 spiro atoms. The number of esters is 1. The molecule has 0 aliphatic carbocycles. The molecule has 0 saturated heterocycles. The summed E-state index contributed by atoms with van der Waals surface area (Å²) in [6.07, 6.45) is 4.81. The van der Waals surface area contributed by atoms with Crippen molar-refractivity contribution in [2.75, 3.05) is 6.61 Å². The van der Waals surface area contributed by atoms with E-state index in [-0.39, 0.29) is 6.61 Å². The highest BCUT2D eigenvalue weighted by Crippen LogP contribution is 1.98. The summed E-state index contributed by atoms with van der Waals surface area (Å²) in [4.78, 5) is 32.8. The number of unbranched alkanes of at least 4 members (excludes halogenated alkanes) is 3. The van der Waals surface area contributed by atoms with Crippen molar-refractivity contribution in [3.05, 3.63) is 12.7 Å². The van der Waals surface area contributed by atoms with Crippen LogP contribution in [0, 0.1) is 0 Å². The summed E-state index contributed by atoms with van der Waals surface area (Å²) in [6, 6.07) is 0. The van der Waals surface area contributed by atoms with E-state index >= 15 is 0 Å². The van der Waals surface area contributed by atoms with Gasteiger partial charge in [-0.15, -0.1) is 0 Å². The van der Waals surface area contributed by atoms with Crippen LogP contribution in [0.3, 0.4) is 0 Å². The maximum Gasteiger partial charge on any atom is 0.398 e. The molecule has 6 heteroatoms. The number of nitrogens with one attached hydrogen (secondary N) is 2. The second kappa shape index (κ2) is 9.38. The Hall–Kier alpha value is -1.85. The largest absolute Gasteiger partial charge is 0.459 e. The van der Waals surface area contributed by atoms with E-state index in [4.69, 9.17) is 0 Å². The molecule has 0 aromatic heterocycles. The zero-order valence-electron chi connectivity index (χ0n) is 9.95. The van der Waals surface area contributed by atoms with Gasteiger partial charge in [0.25, 0.3) is 5.91 Å². The van der Waals surface area contributed by atoms with Gasteiger partial charge in [-0.05, 0) is 12.5 Å². The van der Waals surface area contributed by atoms with Crippen LogP contribution in [0.5, 0.6) is 0 Å². The van der Waals surface area contributed by atoms with Crippen molar-refractivity contribution < 1.29 is 19.1 Å². The molecule has 0 heterocycles. The number of rotatable bonds is 6. The van der Waals surface area contributed by atoms with E-state index < -0.39 is 17.8 Å². The molecule has 0 rings (SSSR count). The van der Waals surface area contributed by atoms with Crippen LogP contribution in [0.2, 0.25) is 0 Å². The fourth-order valence-corrected chi connectivity index (χ4v) is 0.980. The van der Waals surface area contributed by atoms with Crippen molar-refractivity contribution in [2.24, 2.45) is 0 Å². The predicted molar refractivity (Wildman–Crippen MR) is 61.6 cm³/mol. The lowest BCUT2D eigenvalue weighted by Gasteiger charge is -2.05. The molecule has 6 nitrogen and oxygen atoms in total. The van der Waals surface area contributed by atoms with Crippen LogP contribution in [0.15, 0.2) is 12.7 Å². The summed E-state index contributed by atoms with van der Waals surface area (Å²) in [6.45, 7) is 5.46. The summed E-state index contributed by atoms with van der Waals surface area (Å²) >= 11 is 0. The first-order chi connectivity index (χ1) is 8.11. The smallest absolute Gasteiger partial charge is 0.398 e. The second-order valence-corrected chi connectivity index (χ2v) is 3.34. The third kappa shape index (κ3) is 8.01. The highest BCUT2D eigenvalue weighted by Gasteiger charge is 2.14. The number of carbonyl (C=O) groups is 3. The fourth-order valence-electron chi connectivity index (χ4n) is 0.980. The van der Waals surface area contributed by atoms with E-state index in [2.05, 4.69) is 18.2 Å². The van der Waals surface area contributed by atoms with Gasteiger partial charge in [0.1, 0.15) is 0 Å². The molecule has 0 unspecified atom stereocenters. The van der Waals surface area contributed by atoms with Gasteiger partial charge in [-0.1, -0.05) is 32.8 Å². The lowest BCUT2D eigenvalue weighted by atomic mass is 10.2. The van der Waals surface area contributed by atoms with Gasteiger partial charge in [0, 0.05) is 0 Å². The minimum absolute atomic E-state index is 0.210. The summed E-state index contributed by atoms with van der Waals surface area (Å²) in [7, 11) is 0. The molecule has 0 fully saturated rings. The van der Waals surface area contributed by atoms with Gasteiger partial charge in [0.2, 0.25) is 0 Å². The van der Waals surface area contributed by atoms with Gasteiger partial charge >= 0.3 is 11.9 Å². The van der Waals surface area contributed by atoms with E-state index in [1.165, 1.54) is 0 Å². The minimum Gasteiger partial charge on any atom is -0.459 e. The van der Waals surface area contributed by atoms with Gasteiger partial charge in [-0.3, -0.25) is 20.4 Å². The molecule has 0 aromatic rings. The molecule has 0 radical (unpaired) electrons. The number of ether oxygens (including phenoxy) is 1. The predicted octanol–water partition coefficient (Wildman–Crippen LogP) is 0.443. The third-order valence-electron chi connectivity index (χ3n) is 1.90. The van der Waals surface area contributed by atoms with Crippen molar-refractivity contribution in [1.82, 2.24) is 10.9 Å². The van der Waals surface area contributed by atoms with E-state index in [0.717, 1.165) is 31.8 Å². The third-order valence-corrected chi connectivity index (χ3v) is 1.90. The summed E-state index contributed by atoms with van der Waals surface area (Å²) in [5, 5.41) is 0. The first kappa shape index (κ1) is 15.2. The van der Waals surface area contributed by atoms with Crippen molar-refractivity contribution >= 4 is 17.8 Å². The minimum atomic E-state index is -1.01. The Labute approximate surface area is 100 Å². The maximum atomic E-state index is 11.1. The molecule has 2 N–H and O–H groups in total. The molecule has 0 aliphatic heterocycles. The Morgan fingerprint density at radius 3 is 2.47 bits per heavy atom. The topological polar surface area (TPSA) is 84.5 Å². The van der Waals surface area contributed by atoms with Crippen LogP contribution < -0.4 is 10.9 Å². The summed E-state index contributed by atoms with van der Waals surface area (Å²) < 4.78 is 4.69. The number of hydrogen-bond donors (Lipinski definition) is 2. The molecule has 96 valence electrons. The van der Waals surface area contributed by atoms with Gasteiger partial charge < -0.3 is 4.74 Å². The first-order valence-electron chi connectivity index (χ1n) is 5.51. The molecule has 0 saturated carbocycles. The Bertz CT molecular complexity index is 289. The lowest BCUT2D eigenvalue weighted by molar-refractivity contribution is -0.155. The SMILES string of the molecule is C=CC(=O)NNC(=O)C(=O)OCCCCCC. The molecule has 2 amide bonds. The maximum absolute atomic E-state index is 11.1. The second-order valence-electron chi connectivity index (χ2n) is 3.34. The average Bonchev–Trinajstić information content (AvgIpc) is 2.34. The highest BCUT2D eigenvalue weighted by molar-refractivity contribution is 6.32. The monoisotopic (exact) mass is 242 g/mol. The van der Waals surface area contributed by atoms with Crippen LogP contribution in [-0.4, -0.2) is 24.4 Å². The molecular formula is C11H18N2O4. The van der Waals surface area contributed by atoms with Crippen molar-refractivity contribution in [1.29, 1.82) is 0 Å². The Morgan fingerprint density at radius 1 is 1.18 bits per heavy atom. The number of hydrogen-bond acceptors (Lipinski definition) is 4. The zero-order chi connectivity index (χ0) is 13.1. The Balaban J connectivity index is 3.64. The van der Waals surface area contributed by atoms with E-state index in [9.17, 15) is 14.4 Å². The van der Waals surface area contributed by atoms with E-state index in [1.807, 2.05) is 10.9 Å². The Kier molecular flexibility index (Phi) is 8.36. The highest BCUT2D eigenvalue weighted by atomic mass is 16.5. The average molecular weight is 242 g/mol. The normalized spacial score (nSPS) is 9.24. The standard InChI is InChI=1S/C11H18N2O4/c1-3-5-6-7-8-17-11(16)10(15)13-12-9(14)4-2/h4H,2-3,5-8H2,1H3,(H,12,14)(H,13,15). The summed E-state index contributed by atoms with van der Waals surface area (Å²) in [5.41, 5.74) is 3.87. The van der Waals surface area contributed by atoms with Crippen molar-refractivity contribution in [3.63, 3.8) is 0 Å². The van der Waals surface area contributed by atoms with E-state index in [0.29, 0.717) is 0 Å². The van der Waals surface area contributed by atoms with Crippen LogP contribution >= 0.6 is 0 Å². The molecule has 17 heavy (non-hydrogen) atoms. The first-order valence-corrected chi connectivity index (χ1v) is 5.51. The van der Waals surface area contributed by atoms with Crippen LogP contribution in [0.1, 0.15) is 32.6 Å². The number of hydrazine groups is 1. The molecule has 0 aliphatic rings. The summed E-state index contributed by atoms with van der Waals surface area (Å²) in [5.74, 6) is -2.62. The lowest BCUT2D eigenvalue weighted by Crippen LogP contribution is -2.44. The molecular weight excluding hydrogens is 224 g/mol. The zero-order valence-corrected chi connectivity index (χ0v) is 9.95. The van der Waals surface area contributed by atoms with Crippen molar-refractivity contribution in [2.45, 2.75) is 32.6 Å². The van der Waals surface area contributed by atoms with Crippen molar-refractivity contribution in [3.8, 4) is 0 Å². The van der Waals surface area contributed by atoms with Gasteiger partial charge in [0.15, 0.2) is 0 Å². The number of amides is 2. The van der Waals surface area contributed by atoms with E-state index in [1.54, 1.807) is 0 Å². The quantitative estimate of drug-likeness (QED) is 0.233. The van der Waals surface area contributed by atoms with Gasteiger partial charge in [-0.25, -0.2) is 4.79 Å².